The summed E-state index contributed by atoms with van der Waals surface area (Å²) in [5.41, 5.74) is 0.939. The number of esters is 1. The van der Waals surface area contributed by atoms with Gasteiger partial charge in [0, 0.05) is 37.1 Å². The lowest BCUT2D eigenvalue weighted by Gasteiger charge is -2.44. The van der Waals surface area contributed by atoms with Crippen LogP contribution in [0.5, 0.6) is 0 Å². The van der Waals surface area contributed by atoms with E-state index in [-0.39, 0.29) is 60.8 Å². The van der Waals surface area contributed by atoms with Crippen LogP contribution in [0.1, 0.15) is 132 Å². The Labute approximate surface area is 363 Å². The highest BCUT2D eigenvalue weighted by Crippen LogP contribution is 2.38. The van der Waals surface area contributed by atoms with Crippen molar-refractivity contribution in [2.24, 2.45) is 35.5 Å². The first-order chi connectivity index (χ1) is 28.7. The predicted octanol–water partition coefficient (Wildman–Crippen LogP) is 5.04. The average molecular weight is 858 g/mol. The number of piperidine rings is 1. The SMILES string of the molecule is C/C1=C\[C@@H](C)C(=O)C[C@@H]([C@H](C)CC2CC[C@H](O)[C@@H](O)C2)OC(=O)[C@@H]2CCCCN2C(=O)C[C@]2(O)O[C@@H](CC[C@H]2C)C[C@H](O)/C(C)=C/C=C/C=C/[C@@H](C)C[C@@H](C)C(=O)[C@H](O)[C@@H]1O. The summed E-state index contributed by atoms with van der Waals surface area (Å²) in [6.07, 6.45) is 8.32. The van der Waals surface area contributed by atoms with Gasteiger partial charge in [0.1, 0.15) is 30.1 Å². The van der Waals surface area contributed by atoms with E-state index in [1.54, 1.807) is 39.8 Å². The highest BCUT2D eigenvalue weighted by atomic mass is 16.6. The Morgan fingerprint density at radius 3 is 2.25 bits per heavy atom. The lowest BCUT2D eigenvalue weighted by Crippen LogP contribution is -2.54. The number of aliphatic hydroxyl groups is 6. The van der Waals surface area contributed by atoms with Crippen molar-refractivity contribution < 1.29 is 59.3 Å². The van der Waals surface area contributed by atoms with Crippen molar-refractivity contribution in [2.75, 3.05) is 6.54 Å². The number of ketones is 2. The molecule has 2 bridgehead atoms. The molecule has 1 unspecified atom stereocenters. The van der Waals surface area contributed by atoms with Gasteiger partial charge in [-0.1, -0.05) is 71.1 Å². The standard InChI is InChI=1S/C48H75NO12/c1-28-13-9-8-10-14-29(2)39(51)25-36-18-16-34(7)48(59,61-36)27-43(54)49-20-12-11-15-37(49)47(58)60-42(31(4)23-35-17-19-38(50)41(53)24-35)26-40(52)30(3)22-33(6)45(56)46(57)44(55)32(5)21-28/h8-10,13-14,22,28,30-32,34-39,41-42,45-46,50-51,53,56-57,59H,11-12,15-21,23-27H2,1-7H3/b10-8+,13-9+,29-14+,33-22+/t28-,30-,31-,32-,34-,35?,36+,37+,38+,39+,41+,42+,45-,46+,48+/m1/s1. The van der Waals surface area contributed by atoms with Gasteiger partial charge in [-0.2, -0.15) is 0 Å². The lowest BCUT2D eigenvalue weighted by atomic mass is 9.78. The molecule has 0 aromatic carbocycles. The van der Waals surface area contributed by atoms with Crippen LogP contribution in [-0.4, -0.2) is 120 Å². The van der Waals surface area contributed by atoms with Crippen molar-refractivity contribution >= 4 is 23.4 Å². The summed E-state index contributed by atoms with van der Waals surface area (Å²) in [5, 5.41) is 65.5. The summed E-state index contributed by atoms with van der Waals surface area (Å²) in [5.74, 6) is -5.85. The van der Waals surface area contributed by atoms with Gasteiger partial charge in [0.05, 0.1) is 30.8 Å². The van der Waals surface area contributed by atoms with Gasteiger partial charge >= 0.3 is 5.97 Å². The molecule has 0 spiro atoms. The van der Waals surface area contributed by atoms with Gasteiger partial charge in [-0.25, -0.2) is 4.79 Å². The van der Waals surface area contributed by atoms with E-state index in [1.165, 1.54) is 11.0 Å². The molecular formula is C48H75NO12. The average Bonchev–Trinajstić information content (AvgIpc) is 3.21. The number of amides is 1. The molecule has 2 saturated heterocycles. The van der Waals surface area contributed by atoms with E-state index in [0.29, 0.717) is 69.8 Å². The van der Waals surface area contributed by atoms with E-state index < -0.39 is 84.1 Å². The number of ether oxygens (including phenoxy) is 2. The minimum atomic E-state index is -1.82. The molecule has 4 rings (SSSR count). The van der Waals surface area contributed by atoms with Gasteiger partial charge in [-0.3, -0.25) is 14.4 Å². The van der Waals surface area contributed by atoms with Crippen LogP contribution in [0.15, 0.2) is 47.6 Å². The molecule has 0 radical (unpaired) electrons. The molecule has 4 aliphatic rings. The van der Waals surface area contributed by atoms with Gasteiger partial charge in [-0.05, 0) is 107 Å². The number of hydrogen-bond acceptors (Lipinski definition) is 12. The zero-order valence-corrected chi connectivity index (χ0v) is 37.5. The minimum Gasteiger partial charge on any atom is -0.460 e. The third kappa shape index (κ3) is 14.2. The number of cyclic esters (lactones) is 1. The van der Waals surface area contributed by atoms with Crippen LogP contribution >= 0.6 is 0 Å². The summed E-state index contributed by atoms with van der Waals surface area (Å²) in [6, 6.07) is -0.955. The van der Waals surface area contributed by atoms with E-state index in [4.69, 9.17) is 9.47 Å². The highest BCUT2D eigenvalue weighted by molar-refractivity contribution is 5.87. The topological polar surface area (TPSA) is 211 Å². The third-order valence-electron chi connectivity index (χ3n) is 13.8. The Morgan fingerprint density at radius 2 is 1.54 bits per heavy atom. The van der Waals surface area contributed by atoms with Crippen LogP contribution in [0.4, 0.5) is 0 Å². The number of aliphatic hydroxyl groups excluding tert-OH is 5. The van der Waals surface area contributed by atoms with Crippen LogP contribution in [0.3, 0.4) is 0 Å². The van der Waals surface area contributed by atoms with Gasteiger partial charge in [-0.15, -0.1) is 0 Å². The van der Waals surface area contributed by atoms with Crippen LogP contribution in [0.2, 0.25) is 0 Å². The van der Waals surface area contributed by atoms with E-state index in [9.17, 15) is 49.8 Å². The van der Waals surface area contributed by atoms with Gasteiger partial charge in [0.25, 0.3) is 0 Å². The summed E-state index contributed by atoms with van der Waals surface area (Å²) >= 11 is 0. The Hall–Kier alpha value is -3.04. The summed E-state index contributed by atoms with van der Waals surface area (Å²) in [7, 11) is 0. The fraction of sp³-hybridized carbons (Fsp3) is 0.750. The molecule has 61 heavy (non-hydrogen) atoms. The fourth-order valence-corrected chi connectivity index (χ4v) is 9.48. The first kappa shape index (κ1) is 50.6. The molecule has 15 atom stereocenters. The second kappa shape index (κ2) is 23.1. The van der Waals surface area contributed by atoms with Crippen molar-refractivity contribution in [1.29, 1.82) is 0 Å². The van der Waals surface area contributed by atoms with Crippen molar-refractivity contribution in [3.8, 4) is 0 Å². The number of carbonyl (C=O) groups is 4. The molecule has 1 aliphatic carbocycles. The number of hydrogen-bond donors (Lipinski definition) is 6. The molecule has 0 aromatic heterocycles. The fourth-order valence-electron chi connectivity index (χ4n) is 9.48. The number of carbonyl (C=O) groups excluding carboxylic acids is 4. The summed E-state index contributed by atoms with van der Waals surface area (Å²) in [4.78, 5) is 56.9. The Morgan fingerprint density at radius 1 is 0.820 bits per heavy atom. The van der Waals surface area contributed by atoms with Crippen LogP contribution < -0.4 is 0 Å². The number of fused-ring (bicyclic) bond motifs is 3. The zero-order chi connectivity index (χ0) is 45.2. The molecule has 6 N–H and O–H groups in total. The molecule has 13 nitrogen and oxygen atoms in total. The van der Waals surface area contributed by atoms with Gasteiger partial charge < -0.3 is 45.0 Å². The Bertz CT molecular complexity index is 1620. The molecular weight excluding hydrogens is 783 g/mol. The van der Waals surface area contributed by atoms with Crippen molar-refractivity contribution in [1.82, 2.24) is 4.90 Å². The Kier molecular flexibility index (Phi) is 19.1. The number of Topliss-reactive ketones (excluding diaryl/α,β-unsaturated/α-hetero) is 2. The summed E-state index contributed by atoms with van der Waals surface area (Å²) < 4.78 is 12.4. The van der Waals surface area contributed by atoms with Gasteiger partial charge in [0.15, 0.2) is 11.6 Å². The van der Waals surface area contributed by atoms with Gasteiger partial charge in [0.2, 0.25) is 5.91 Å². The largest absolute Gasteiger partial charge is 0.460 e. The monoisotopic (exact) mass is 858 g/mol. The maximum Gasteiger partial charge on any atom is 0.329 e. The quantitative estimate of drug-likeness (QED) is 0.163. The smallest absolute Gasteiger partial charge is 0.329 e. The van der Waals surface area contributed by atoms with E-state index in [1.807, 2.05) is 39.0 Å². The predicted molar refractivity (Wildman–Crippen MR) is 230 cm³/mol. The molecule has 0 aromatic rings. The first-order valence-corrected chi connectivity index (χ1v) is 22.8. The maximum absolute atomic E-state index is 14.2. The second-order valence-electron chi connectivity index (χ2n) is 19.0. The number of allylic oxidation sites excluding steroid dienone is 6. The lowest BCUT2D eigenvalue weighted by molar-refractivity contribution is -0.283. The molecule has 3 fully saturated rings. The third-order valence-corrected chi connectivity index (χ3v) is 13.8. The van der Waals surface area contributed by atoms with Crippen LogP contribution in [0.25, 0.3) is 0 Å². The van der Waals surface area contributed by atoms with Crippen molar-refractivity contribution in [2.45, 2.75) is 186 Å². The highest BCUT2D eigenvalue weighted by Gasteiger charge is 2.46. The minimum absolute atomic E-state index is 0.0136. The molecule has 13 heteroatoms. The molecule has 344 valence electrons. The van der Waals surface area contributed by atoms with Crippen molar-refractivity contribution in [3.63, 3.8) is 0 Å². The Balaban J connectivity index is 1.64. The van der Waals surface area contributed by atoms with Crippen molar-refractivity contribution in [3.05, 3.63) is 47.6 Å². The van der Waals surface area contributed by atoms with E-state index in [0.717, 1.165) is 0 Å². The summed E-state index contributed by atoms with van der Waals surface area (Å²) in [6.45, 7) is 12.6. The molecule has 3 aliphatic heterocycles. The molecule has 3 heterocycles. The maximum atomic E-state index is 14.2. The van der Waals surface area contributed by atoms with E-state index >= 15 is 0 Å². The number of rotatable bonds is 3. The molecule has 1 saturated carbocycles. The first-order valence-electron chi connectivity index (χ1n) is 22.8. The second-order valence-corrected chi connectivity index (χ2v) is 19.0. The van der Waals surface area contributed by atoms with Crippen LogP contribution in [0, 0.1) is 35.5 Å². The molecule has 1 amide bonds. The van der Waals surface area contributed by atoms with Crippen LogP contribution in [-0.2, 0) is 28.7 Å². The zero-order valence-electron chi connectivity index (χ0n) is 37.5. The van der Waals surface area contributed by atoms with E-state index in [2.05, 4.69) is 0 Å². The number of nitrogens with zero attached hydrogens (tertiary/aromatic N) is 1. The normalized spacial score (nSPS) is 42.2.